The average Bonchev–Trinajstić information content (AvgIpc) is 2.43. The van der Waals surface area contributed by atoms with Gasteiger partial charge in [0, 0.05) is 12.2 Å². The van der Waals surface area contributed by atoms with Crippen LogP contribution in [0.5, 0.6) is 0 Å². The van der Waals surface area contributed by atoms with Crippen molar-refractivity contribution in [1.82, 2.24) is 15.2 Å². The Bertz CT molecular complexity index is 503. The number of hydrogen-bond acceptors (Lipinski definition) is 4. The van der Waals surface area contributed by atoms with Crippen molar-refractivity contribution in [3.63, 3.8) is 0 Å². The molecule has 1 unspecified atom stereocenters. The zero-order chi connectivity index (χ0) is 15.0. The monoisotopic (exact) mass is 275 g/mol. The van der Waals surface area contributed by atoms with Crippen LogP contribution in [0.4, 0.5) is 0 Å². The highest BCUT2D eigenvalue weighted by Crippen LogP contribution is 2.04. The summed E-state index contributed by atoms with van der Waals surface area (Å²) in [5.74, 6) is 5.03. The first kappa shape index (κ1) is 16.2. The molecule has 0 bridgehead atoms. The van der Waals surface area contributed by atoms with Gasteiger partial charge in [0.2, 0.25) is 0 Å². The van der Waals surface area contributed by atoms with Gasteiger partial charge in [-0.1, -0.05) is 11.8 Å². The topological polar surface area (TPSA) is 65.5 Å². The maximum Gasteiger partial charge on any atom is 0.271 e. The van der Waals surface area contributed by atoms with Gasteiger partial charge in [-0.3, -0.25) is 4.79 Å². The second-order valence-electron chi connectivity index (χ2n) is 4.83. The Hall–Kier alpha value is -1.90. The van der Waals surface area contributed by atoms with E-state index >= 15 is 0 Å². The number of carbonyl (C=O) groups is 1. The van der Waals surface area contributed by atoms with Crippen LogP contribution in [0.15, 0.2) is 18.3 Å². The fraction of sp³-hybridized carbons (Fsp3) is 0.467. The van der Waals surface area contributed by atoms with Gasteiger partial charge in [-0.2, -0.15) is 0 Å². The molecule has 0 aliphatic rings. The average molecular weight is 275 g/mol. The van der Waals surface area contributed by atoms with Crippen molar-refractivity contribution in [2.75, 3.05) is 27.2 Å². The van der Waals surface area contributed by atoms with Crippen LogP contribution in [0.3, 0.4) is 0 Å². The summed E-state index contributed by atoms with van der Waals surface area (Å²) in [5, 5.41) is 11.6. The molecule has 0 saturated carbocycles. The lowest BCUT2D eigenvalue weighted by atomic mass is 10.1. The third kappa shape index (κ3) is 5.39. The summed E-state index contributed by atoms with van der Waals surface area (Å²) in [6, 6.07) is 3.49. The van der Waals surface area contributed by atoms with Gasteiger partial charge in [0.1, 0.15) is 12.3 Å². The smallest absolute Gasteiger partial charge is 0.271 e. The van der Waals surface area contributed by atoms with Gasteiger partial charge < -0.3 is 15.3 Å². The molecule has 1 amide bonds. The Morgan fingerprint density at radius 2 is 2.30 bits per heavy atom. The van der Waals surface area contributed by atoms with Crippen LogP contribution in [-0.4, -0.2) is 54.2 Å². The number of aliphatic hydroxyl groups excluding tert-OH is 1. The van der Waals surface area contributed by atoms with Crippen molar-refractivity contribution < 1.29 is 9.90 Å². The molecule has 0 aromatic carbocycles. The van der Waals surface area contributed by atoms with Gasteiger partial charge >= 0.3 is 0 Å². The number of aliphatic hydroxyl groups is 1. The van der Waals surface area contributed by atoms with E-state index in [-0.39, 0.29) is 18.6 Å². The van der Waals surface area contributed by atoms with Crippen LogP contribution >= 0.6 is 0 Å². The molecule has 0 aliphatic heterocycles. The summed E-state index contributed by atoms with van der Waals surface area (Å²) in [4.78, 5) is 18.3. The molecule has 1 atom stereocenters. The third-order valence-corrected chi connectivity index (χ3v) is 2.71. The Kier molecular flexibility index (Phi) is 6.71. The molecule has 5 heteroatoms. The van der Waals surface area contributed by atoms with E-state index in [0.29, 0.717) is 11.3 Å². The van der Waals surface area contributed by atoms with Gasteiger partial charge in [0.05, 0.1) is 5.56 Å². The molecule has 108 valence electrons. The van der Waals surface area contributed by atoms with Gasteiger partial charge in [-0.15, -0.1) is 0 Å². The number of nitrogens with one attached hydrogen (secondary N) is 1. The van der Waals surface area contributed by atoms with Gasteiger partial charge in [0.15, 0.2) is 0 Å². The number of carbonyl (C=O) groups excluding carboxylic acids is 1. The van der Waals surface area contributed by atoms with E-state index in [9.17, 15) is 4.79 Å². The number of rotatable bonds is 5. The lowest BCUT2D eigenvalue weighted by molar-refractivity contribution is 0.0931. The van der Waals surface area contributed by atoms with Crippen molar-refractivity contribution in [2.24, 2.45) is 0 Å². The van der Waals surface area contributed by atoms with Crippen molar-refractivity contribution in [1.29, 1.82) is 0 Å². The highest BCUT2D eigenvalue weighted by Gasteiger charge is 2.14. The summed E-state index contributed by atoms with van der Waals surface area (Å²) in [5.41, 5.74) is 0.823. The molecule has 0 saturated heterocycles. The molecule has 0 fully saturated rings. The molecule has 1 heterocycles. The summed E-state index contributed by atoms with van der Waals surface area (Å²) in [6.45, 7) is 2.62. The normalized spacial score (nSPS) is 11.7. The summed E-state index contributed by atoms with van der Waals surface area (Å²) < 4.78 is 0. The molecular formula is C15H21N3O2. The minimum absolute atomic E-state index is 0.0607. The Balaban J connectivity index is 2.72. The van der Waals surface area contributed by atoms with Crippen LogP contribution in [-0.2, 0) is 0 Å². The van der Waals surface area contributed by atoms with E-state index < -0.39 is 0 Å². The zero-order valence-corrected chi connectivity index (χ0v) is 12.2. The molecular weight excluding hydrogens is 254 g/mol. The second-order valence-corrected chi connectivity index (χ2v) is 4.83. The van der Waals surface area contributed by atoms with Gasteiger partial charge in [-0.25, -0.2) is 4.98 Å². The summed E-state index contributed by atoms with van der Waals surface area (Å²) in [7, 11) is 3.99. The fourth-order valence-corrected chi connectivity index (χ4v) is 1.64. The van der Waals surface area contributed by atoms with E-state index in [1.165, 1.54) is 0 Å². The Morgan fingerprint density at radius 1 is 1.55 bits per heavy atom. The lowest BCUT2D eigenvalue weighted by Gasteiger charge is -2.16. The standard InChI is InChI=1S/C15H21N3O2/c1-12(8-10-18(2)3)17-15(20)14-13(7-5-11-19)6-4-9-16-14/h4,6,9,12,19H,8,10-11H2,1-3H3,(H,17,20). The molecule has 2 N–H and O–H groups in total. The summed E-state index contributed by atoms with van der Waals surface area (Å²) in [6.07, 6.45) is 2.42. The van der Waals surface area contributed by atoms with E-state index in [1.54, 1.807) is 18.3 Å². The van der Waals surface area contributed by atoms with Crippen molar-refractivity contribution in [3.05, 3.63) is 29.6 Å². The maximum atomic E-state index is 12.2. The van der Waals surface area contributed by atoms with E-state index in [2.05, 4.69) is 27.0 Å². The van der Waals surface area contributed by atoms with E-state index in [0.717, 1.165) is 13.0 Å². The van der Waals surface area contributed by atoms with Crippen molar-refractivity contribution >= 4 is 5.91 Å². The highest BCUT2D eigenvalue weighted by molar-refractivity contribution is 5.94. The number of pyridine rings is 1. The predicted molar refractivity (Wildman–Crippen MR) is 78.3 cm³/mol. The van der Waals surface area contributed by atoms with Crippen LogP contribution in [0, 0.1) is 11.8 Å². The first-order chi connectivity index (χ1) is 9.54. The predicted octanol–water partition coefficient (Wildman–Crippen LogP) is 0.495. The van der Waals surface area contributed by atoms with Gasteiger partial charge in [0.25, 0.3) is 5.91 Å². The number of amides is 1. The maximum absolute atomic E-state index is 12.2. The molecule has 1 rings (SSSR count). The molecule has 1 aromatic rings. The minimum Gasteiger partial charge on any atom is -0.384 e. The quantitative estimate of drug-likeness (QED) is 0.768. The highest BCUT2D eigenvalue weighted by atomic mass is 16.2. The molecule has 0 spiro atoms. The van der Waals surface area contributed by atoms with Crippen molar-refractivity contribution in [2.45, 2.75) is 19.4 Å². The zero-order valence-electron chi connectivity index (χ0n) is 12.2. The van der Waals surface area contributed by atoms with Crippen LogP contribution in [0.1, 0.15) is 29.4 Å². The molecule has 0 radical (unpaired) electrons. The molecule has 20 heavy (non-hydrogen) atoms. The second kappa shape index (κ2) is 8.31. The first-order valence-corrected chi connectivity index (χ1v) is 6.55. The first-order valence-electron chi connectivity index (χ1n) is 6.55. The van der Waals surface area contributed by atoms with Crippen LogP contribution < -0.4 is 5.32 Å². The summed E-state index contributed by atoms with van der Waals surface area (Å²) >= 11 is 0. The van der Waals surface area contributed by atoms with Crippen LogP contribution in [0.2, 0.25) is 0 Å². The number of aromatic nitrogens is 1. The largest absolute Gasteiger partial charge is 0.384 e. The molecule has 1 aromatic heterocycles. The number of nitrogens with zero attached hydrogens (tertiary/aromatic N) is 2. The van der Waals surface area contributed by atoms with Crippen molar-refractivity contribution in [3.8, 4) is 11.8 Å². The van der Waals surface area contributed by atoms with Gasteiger partial charge in [-0.05, 0) is 46.1 Å². The SMILES string of the molecule is CC(CCN(C)C)NC(=O)c1ncccc1C#CCO. The fourth-order valence-electron chi connectivity index (χ4n) is 1.64. The van der Waals surface area contributed by atoms with Crippen LogP contribution in [0.25, 0.3) is 0 Å². The van der Waals surface area contributed by atoms with E-state index in [4.69, 9.17) is 5.11 Å². The minimum atomic E-state index is -0.241. The van der Waals surface area contributed by atoms with E-state index in [1.807, 2.05) is 21.0 Å². The third-order valence-electron chi connectivity index (χ3n) is 2.71. The number of hydrogen-bond donors (Lipinski definition) is 2. The molecule has 5 nitrogen and oxygen atoms in total. The lowest BCUT2D eigenvalue weighted by Crippen LogP contribution is -2.35. The Morgan fingerprint density at radius 3 is 2.95 bits per heavy atom. The molecule has 0 aliphatic carbocycles. The Labute approximate surface area is 120 Å².